The van der Waals surface area contributed by atoms with Gasteiger partial charge in [0.1, 0.15) is 5.82 Å². The lowest BCUT2D eigenvalue weighted by atomic mass is 9.96. The van der Waals surface area contributed by atoms with Crippen LogP contribution in [0, 0.1) is 5.82 Å². The minimum atomic E-state index is -0.385. The standard InChI is InChI=1S/C17H18FN3O2/c18-14-3-1-2-13(10-14)17(22)21-8-6-12(7-9-21)16-20-19-15(23-16)11-4-5-11/h1-3,10-12H,4-9H2. The zero-order valence-electron chi connectivity index (χ0n) is 12.7. The molecule has 5 nitrogen and oxygen atoms in total. The number of rotatable bonds is 3. The third-order valence-electron chi connectivity index (χ3n) is 4.59. The Morgan fingerprint density at radius 3 is 2.35 bits per heavy atom. The summed E-state index contributed by atoms with van der Waals surface area (Å²) in [4.78, 5) is 14.2. The Hall–Kier alpha value is -2.24. The monoisotopic (exact) mass is 315 g/mol. The Balaban J connectivity index is 1.39. The molecule has 0 radical (unpaired) electrons. The van der Waals surface area contributed by atoms with Gasteiger partial charge >= 0.3 is 0 Å². The largest absolute Gasteiger partial charge is 0.425 e. The summed E-state index contributed by atoms with van der Waals surface area (Å²) in [5.74, 6) is 1.64. The van der Waals surface area contributed by atoms with Crippen LogP contribution in [0.1, 0.15) is 59.7 Å². The van der Waals surface area contributed by atoms with Gasteiger partial charge in [-0.25, -0.2) is 4.39 Å². The Bertz CT molecular complexity index is 718. The molecule has 1 aromatic carbocycles. The highest BCUT2D eigenvalue weighted by Gasteiger charge is 2.32. The van der Waals surface area contributed by atoms with E-state index < -0.39 is 0 Å². The quantitative estimate of drug-likeness (QED) is 0.873. The van der Waals surface area contributed by atoms with E-state index in [0.717, 1.165) is 31.6 Å². The average molecular weight is 315 g/mol. The average Bonchev–Trinajstić information content (AvgIpc) is 3.32. The number of amides is 1. The second-order valence-corrected chi connectivity index (χ2v) is 6.33. The molecule has 1 saturated heterocycles. The first-order chi connectivity index (χ1) is 11.2. The third-order valence-corrected chi connectivity index (χ3v) is 4.59. The molecule has 2 heterocycles. The molecule has 2 aliphatic rings. The summed E-state index contributed by atoms with van der Waals surface area (Å²) >= 11 is 0. The second kappa shape index (κ2) is 5.76. The van der Waals surface area contributed by atoms with Crippen LogP contribution in [0.5, 0.6) is 0 Å². The van der Waals surface area contributed by atoms with Gasteiger partial charge in [-0.2, -0.15) is 0 Å². The third kappa shape index (κ3) is 2.98. The predicted molar refractivity (Wildman–Crippen MR) is 80.6 cm³/mol. The number of piperidine rings is 1. The van der Waals surface area contributed by atoms with Crippen molar-refractivity contribution in [1.82, 2.24) is 15.1 Å². The Morgan fingerprint density at radius 2 is 1.74 bits per heavy atom. The van der Waals surface area contributed by atoms with Crippen LogP contribution in [0.2, 0.25) is 0 Å². The van der Waals surface area contributed by atoms with Gasteiger partial charge in [-0.15, -0.1) is 10.2 Å². The van der Waals surface area contributed by atoms with Crippen LogP contribution in [-0.2, 0) is 0 Å². The van der Waals surface area contributed by atoms with Crippen LogP contribution < -0.4 is 0 Å². The zero-order chi connectivity index (χ0) is 15.8. The lowest BCUT2D eigenvalue weighted by Crippen LogP contribution is -2.38. The van der Waals surface area contributed by atoms with Crippen molar-refractivity contribution < 1.29 is 13.6 Å². The highest BCUT2D eigenvalue weighted by Crippen LogP contribution is 2.40. The fourth-order valence-electron chi connectivity index (χ4n) is 3.04. The highest BCUT2D eigenvalue weighted by atomic mass is 19.1. The molecule has 1 aliphatic carbocycles. The highest BCUT2D eigenvalue weighted by molar-refractivity contribution is 5.94. The van der Waals surface area contributed by atoms with Crippen molar-refractivity contribution in [2.45, 2.75) is 37.5 Å². The topological polar surface area (TPSA) is 59.2 Å². The minimum Gasteiger partial charge on any atom is -0.425 e. The molecule has 1 amide bonds. The zero-order valence-corrected chi connectivity index (χ0v) is 12.7. The Morgan fingerprint density at radius 1 is 1.09 bits per heavy atom. The van der Waals surface area contributed by atoms with Gasteiger partial charge in [0.15, 0.2) is 0 Å². The van der Waals surface area contributed by atoms with Gasteiger partial charge in [0.25, 0.3) is 5.91 Å². The van der Waals surface area contributed by atoms with Crippen LogP contribution in [0.25, 0.3) is 0 Å². The fraction of sp³-hybridized carbons (Fsp3) is 0.471. The lowest BCUT2D eigenvalue weighted by Gasteiger charge is -2.30. The molecule has 2 fully saturated rings. The van der Waals surface area contributed by atoms with Crippen LogP contribution in [0.4, 0.5) is 4.39 Å². The number of likely N-dealkylation sites (tertiary alicyclic amines) is 1. The molecule has 120 valence electrons. The van der Waals surface area contributed by atoms with Crippen molar-refractivity contribution in [1.29, 1.82) is 0 Å². The van der Waals surface area contributed by atoms with E-state index >= 15 is 0 Å². The Labute approximate surface area is 133 Å². The van der Waals surface area contributed by atoms with Gasteiger partial charge in [-0.1, -0.05) is 6.07 Å². The molecule has 0 unspecified atom stereocenters. The van der Waals surface area contributed by atoms with Crippen LogP contribution in [0.15, 0.2) is 28.7 Å². The predicted octanol–water partition coefficient (Wildman–Crippen LogP) is 3.11. The maximum atomic E-state index is 13.3. The lowest BCUT2D eigenvalue weighted by molar-refractivity contribution is 0.0705. The molecule has 0 atom stereocenters. The van der Waals surface area contributed by atoms with E-state index in [2.05, 4.69) is 10.2 Å². The van der Waals surface area contributed by atoms with E-state index in [0.29, 0.717) is 30.5 Å². The number of hydrogen-bond donors (Lipinski definition) is 0. The van der Waals surface area contributed by atoms with E-state index in [9.17, 15) is 9.18 Å². The van der Waals surface area contributed by atoms with E-state index in [4.69, 9.17) is 4.42 Å². The Kier molecular flexibility index (Phi) is 3.59. The molecule has 1 aromatic heterocycles. The van der Waals surface area contributed by atoms with Gasteiger partial charge < -0.3 is 9.32 Å². The summed E-state index contributed by atoms with van der Waals surface area (Å²) in [6.07, 6.45) is 3.88. The number of carbonyl (C=O) groups is 1. The van der Waals surface area contributed by atoms with Gasteiger partial charge in [-0.3, -0.25) is 4.79 Å². The van der Waals surface area contributed by atoms with Gasteiger partial charge in [0.05, 0.1) is 0 Å². The number of nitrogens with zero attached hydrogens (tertiary/aromatic N) is 3. The minimum absolute atomic E-state index is 0.118. The summed E-state index contributed by atoms with van der Waals surface area (Å²) in [7, 11) is 0. The molecular weight excluding hydrogens is 297 g/mol. The fourth-order valence-corrected chi connectivity index (χ4v) is 3.04. The maximum absolute atomic E-state index is 13.3. The molecular formula is C17H18FN3O2. The van der Waals surface area contributed by atoms with E-state index in [1.165, 1.54) is 12.1 Å². The normalized spacial score (nSPS) is 19.1. The first-order valence-corrected chi connectivity index (χ1v) is 8.09. The number of benzene rings is 1. The summed E-state index contributed by atoms with van der Waals surface area (Å²) in [5.41, 5.74) is 0.400. The summed E-state index contributed by atoms with van der Waals surface area (Å²) in [6, 6.07) is 5.84. The molecule has 0 spiro atoms. The van der Waals surface area contributed by atoms with Gasteiger partial charge in [0.2, 0.25) is 11.8 Å². The van der Waals surface area contributed by atoms with Crippen LogP contribution in [-0.4, -0.2) is 34.1 Å². The molecule has 23 heavy (non-hydrogen) atoms. The van der Waals surface area contributed by atoms with Crippen molar-refractivity contribution in [2.75, 3.05) is 13.1 Å². The summed E-state index contributed by atoms with van der Waals surface area (Å²) < 4.78 is 19.0. The maximum Gasteiger partial charge on any atom is 0.253 e. The van der Waals surface area contributed by atoms with Crippen molar-refractivity contribution >= 4 is 5.91 Å². The van der Waals surface area contributed by atoms with E-state index in [1.807, 2.05) is 0 Å². The SMILES string of the molecule is O=C(c1cccc(F)c1)N1CCC(c2nnc(C3CC3)o2)CC1. The second-order valence-electron chi connectivity index (χ2n) is 6.33. The summed E-state index contributed by atoms with van der Waals surface area (Å²) in [6.45, 7) is 1.25. The van der Waals surface area contributed by atoms with Crippen molar-refractivity contribution in [3.63, 3.8) is 0 Å². The molecule has 0 bridgehead atoms. The first kappa shape index (κ1) is 14.4. The van der Waals surface area contributed by atoms with Crippen LogP contribution in [0.3, 0.4) is 0 Å². The molecule has 1 aliphatic heterocycles. The number of halogens is 1. The van der Waals surface area contributed by atoms with Crippen LogP contribution >= 0.6 is 0 Å². The van der Waals surface area contributed by atoms with Gasteiger partial charge in [-0.05, 0) is 43.9 Å². The number of carbonyl (C=O) groups excluding carboxylic acids is 1. The van der Waals surface area contributed by atoms with E-state index in [1.54, 1.807) is 17.0 Å². The molecule has 0 N–H and O–H groups in total. The first-order valence-electron chi connectivity index (χ1n) is 8.09. The number of aromatic nitrogens is 2. The van der Waals surface area contributed by atoms with Crippen molar-refractivity contribution in [2.24, 2.45) is 0 Å². The van der Waals surface area contributed by atoms with Crippen molar-refractivity contribution in [3.05, 3.63) is 47.4 Å². The summed E-state index contributed by atoms with van der Waals surface area (Å²) in [5, 5.41) is 8.30. The van der Waals surface area contributed by atoms with Crippen molar-refractivity contribution in [3.8, 4) is 0 Å². The molecule has 1 saturated carbocycles. The molecule has 4 rings (SSSR count). The number of hydrogen-bond acceptors (Lipinski definition) is 4. The molecule has 2 aromatic rings. The molecule has 6 heteroatoms. The van der Waals surface area contributed by atoms with E-state index in [-0.39, 0.29) is 17.6 Å². The smallest absolute Gasteiger partial charge is 0.253 e. The van der Waals surface area contributed by atoms with Gasteiger partial charge in [0, 0.05) is 30.5 Å².